The number of benzene rings is 4. The van der Waals surface area contributed by atoms with Gasteiger partial charge >= 0.3 is 6.18 Å². The number of anilines is 4. The van der Waals surface area contributed by atoms with Gasteiger partial charge in [-0.3, -0.25) is 25.2 Å². The van der Waals surface area contributed by atoms with E-state index in [2.05, 4.69) is 61.8 Å². The number of carbonyl (C=O) groups is 1. The van der Waals surface area contributed by atoms with Gasteiger partial charge in [-0.05, 0) is 80.3 Å². The number of amides is 1. The van der Waals surface area contributed by atoms with Crippen LogP contribution >= 0.6 is 34.8 Å². The lowest BCUT2D eigenvalue weighted by molar-refractivity contribution is -0.148. The van der Waals surface area contributed by atoms with Gasteiger partial charge in [0, 0.05) is 60.2 Å². The Bertz CT molecular complexity index is 3280. The first kappa shape index (κ1) is 48.0. The number of methoxy groups -OCH3 is 1. The number of aliphatic hydroxyl groups is 1. The van der Waals surface area contributed by atoms with Gasteiger partial charge in [0.25, 0.3) is 5.91 Å². The fourth-order valence-corrected chi connectivity index (χ4v) is 9.70. The number of aliphatic hydroxyl groups excluding tert-OH is 1. The lowest BCUT2D eigenvalue weighted by Gasteiger charge is -2.29. The molecule has 3 atom stereocenters. The molecule has 0 spiro atoms. The third kappa shape index (κ3) is 10.3. The number of hydrogen-bond acceptors (Lipinski definition) is 14. The SMILES string of the molecule is COc1cc(-c2nc(Nc3ccc4[nH]ncc4c3Cl)n(C)n2)ccc1OCC(O)NC1CC(CC2(NC(=O)c3ccc(-c4nc(Nc5ccc6[nH]ncc6c5Cl)n(C)n4)cc3Cl)CC2)N(CC(F)(F)F)C1. The average molecular weight is 1040 g/mol. The molecule has 3 unspecified atom stereocenters. The van der Waals surface area contributed by atoms with Gasteiger partial charge in [0.05, 0.1) is 69.1 Å². The number of fused-ring (bicyclic) bond motifs is 2. The van der Waals surface area contributed by atoms with Crippen molar-refractivity contribution in [3.63, 3.8) is 0 Å². The molecule has 5 heterocycles. The Balaban J connectivity index is 0.747. The molecule has 2 fully saturated rings. The molecule has 7 N–H and O–H groups in total. The molecule has 1 aliphatic heterocycles. The summed E-state index contributed by atoms with van der Waals surface area (Å²) in [6.07, 6.45) is -0.727. The maximum atomic E-state index is 13.9. The van der Waals surface area contributed by atoms with Gasteiger partial charge in [-0.2, -0.15) is 33.3 Å². The molecule has 71 heavy (non-hydrogen) atoms. The maximum Gasteiger partial charge on any atom is 0.401 e. The fraction of sp³-hybridized carbons (Fsp3) is 0.326. The Morgan fingerprint density at radius 1 is 0.859 bits per heavy atom. The van der Waals surface area contributed by atoms with Crippen LogP contribution in [0.25, 0.3) is 44.6 Å². The predicted molar refractivity (Wildman–Crippen MR) is 262 cm³/mol. The largest absolute Gasteiger partial charge is 0.493 e. The molecule has 370 valence electrons. The zero-order chi connectivity index (χ0) is 49.8. The molecular weight excluding hydrogens is 990 g/mol. The zero-order valence-electron chi connectivity index (χ0n) is 38.1. The van der Waals surface area contributed by atoms with Gasteiger partial charge in [-0.25, -0.2) is 9.36 Å². The van der Waals surface area contributed by atoms with Crippen LogP contribution in [0.2, 0.25) is 15.1 Å². The Labute approximate surface area is 417 Å². The number of halogens is 6. The molecule has 0 bridgehead atoms. The standard InChI is InChI=1S/C46H45Cl3F3N15O4/c1-65-43(56-33-9-7-31-28(38(33)48)18-53-61-31)58-40(63-65)23-4-6-27(30(47)14-23)42(69)60-45(12-13-45)17-26-16-25(20-67(26)22-46(50,51)52)55-37(68)21-71-35-11-5-24(15-36(35)70-3)41-59-44(66(2)64-41)57-34-10-8-32-29(39(34)49)19-54-62-32/h4-11,14-15,18-19,25-26,37,55,68H,12-13,16-17,20-22H2,1-3H3,(H,53,61)(H,54,62)(H,60,69)(H,56,58,63)(H,57,59,64). The van der Waals surface area contributed by atoms with Crippen molar-refractivity contribution in [2.45, 2.75) is 55.7 Å². The van der Waals surface area contributed by atoms with E-state index in [-0.39, 0.29) is 36.6 Å². The molecule has 0 radical (unpaired) electrons. The number of H-pyrrole nitrogens is 2. The van der Waals surface area contributed by atoms with Gasteiger partial charge in [0.1, 0.15) is 12.8 Å². The minimum Gasteiger partial charge on any atom is -0.493 e. The van der Waals surface area contributed by atoms with Crippen molar-refractivity contribution in [3.05, 3.63) is 93.7 Å². The molecule has 2 aliphatic rings. The van der Waals surface area contributed by atoms with E-state index >= 15 is 0 Å². The highest BCUT2D eigenvalue weighted by Gasteiger charge is 2.50. The van der Waals surface area contributed by atoms with E-state index in [1.165, 1.54) is 12.0 Å². The van der Waals surface area contributed by atoms with Crippen LogP contribution in [0.3, 0.4) is 0 Å². The second-order valence-corrected chi connectivity index (χ2v) is 18.8. The maximum absolute atomic E-state index is 13.9. The molecule has 1 saturated heterocycles. The Morgan fingerprint density at radius 3 is 2.01 bits per heavy atom. The van der Waals surface area contributed by atoms with Crippen LogP contribution in [0.1, 0.15) is 36.0 Å². The third-order valence-electron chi connectivity index (χ3n) is 12.6. The minimum atomic E-state index is -4.47. The van der Waals surface area contributed by atoms with Crippen LogP contribution < -0.4 is 30.7 Å². The van der Waals surface area contributed by atoms with E-state index in [4.69, 9.17) is 44.3 Å². The first-order valence-corrected chi connectivity index (χ1v) is 23.4. The number of nitrogens with one attached hydrogen (secondary N) is 6. The van der Waals surface area contributed by atoms with Crippen molar-refractivity contribution >= 4 is 85.8 Å². The zero-order valence-corrected chi connectivity index (χ0v) is 40.3. The van der Waals surface area contributed by atoms with E-state index < -0.39 is 42.5 Å². The molecule has 19 nitrogen and oxygen atoms in total. The number of rotatable bonds is 17. The van der Waals surface area contributed by atoms with Gasteiger partial charge in [-0.1, -0.05) is 40.9 Å². The van der Waals surface area contributed by atoms with Gasteiger partial charge in [0.15, 0.2) is 23.1 Å². The summed E-state index contributed by atoms with van der Waals surface area (Å²) >= 11 is 19.9. The Morgan fingerprint density at radius 2 is 1.45 bits per heavy atom. The number of nitrogens with zero attached hydrogens (tertiary/aromatic N) is 9. The lowest BCUT2D eigenvalue weighted by Crippen LogP contribution is -2.45. The summed E-state index contributed by atoms with van der Waals surface area (Å²) in [5.74, 6) is 1.78. The predicted octanol–water partition coefficient (Wildman–Crippen LogP) is 8.13. The van der Waals surface area contributed by atoms with Crippen molar-refractivity contribution < 1.29 is 32.5 Å². The average Bonchev–Trinajstić information content (AvgIpc) is 3.93. The van der Waals surface area contributed by atoms with E-state index in [9.17, 15) is 23.1 Å². The van der Waals surface area contributed by atoms with Crippen molar-refractivity contribution in [1.29, 1.82) is 0 Å². The summed E-state index contributed by atoms with van der Waals surface area (Å²) in [6.45, 7) is -1.37. The number of carbonyl (C=O) groups excluding carboxylic acids is 1. The van der Waals surface area contributed by atoms with Crippen LogP contribution in [-0.2, 0) is 14.1 Å². The molecule has 1 amide bonds. The number of alkyl halides is 3. The minimum absolute atomic E-state index is 0.0140. The van der Waals surface area contributed by atoms with Crippen LogP contribution in [0.5, 0.6) is 11.5 Å². The third-order valence-corrected chi connectivity index (χ3v) is 13.8. The molecule has 25 heteroatoms. The highest BCUT2D eigenvalue weighted by molar-refractivity contribution is 6.38. The van der Waals surface area contributed by atoms with Crippen LogP contribution in [0.15, 0.2) is 73.1 Å². The molecular formula is C46H45Cl3F3N15O4. The van der Waals surface area contributed by atoms with Crippen molar-refractivity contribution in [2.24, 2.45) is 14.1 Å². The number of aryl methyl sites for hydroxylation is 2. The van der Waals surface area contributed by atoms with Gasteiger partial charge < -0.3 is 30.5 Å². The van der Waals surface area contributed by atoms with E-state index in [1.807, 2.05) is 18.2 Å². The van der Waals surface area contributed by atoms with Crippen molar-refractivity contribution in [1.82, 2.24) is 65.5 Å². The van der Waals surface area contributed by atoms with Crippen molar-refractivity contribution in [3.8, 4) is 34.3 Å². The van der Waals surface area contributed by atoms with Crippen LogP contribution in [-0.4, -0.2) is 123 Å². The van der Waals surface area contributed by atoms with E-state index in [1.54, 1.807) is 78.3 Å². The Hall–Kier alpha value is -6.69. The summed E-state index contributed by atoms with van der Waals surface area (Å²) in [4.78, 5) is 24.3. The highest BCUT2D eigenvalue weighted by Crippen LogP contribution is 2.44. The molecule has 4 aromatic carbocycles. The van der Waals surface area contributed by atoms with E-state index in [0.717, 1.165) is 21.8 Å². The highest BCUT2D eigenvalue weighted by atomic mass is 35.5. The lowest BCUT2D eigenvalue weighted by atomic mass is 10.0. The summed E-state index contributed by atoms with van der Waals surface area (Å²) in [7, 11) is 4.93. The Kier molecular flexibility index (Phi) is 12.9. The second kappa shape index (κ2) is 19.1. The monoisotopic (exact) mass is 1030 g/mol. The smallest absolute Gasteiger partial charge is 0.401 e. The summed E-state index contributed by atoms with van der Waals surface area (Å²) < 4.78 is 56.5. The molecule has 8 aromatic rings. The summed E-state index contributed by atoms with van der Waals surface area (Å²) in [5.41, 5.74) is 3.45. The van der Waals surface area contributed by atoms with Crippen molar-refractivity contribution in [2.75, 3.05) is 37.4 Å². The topological polar surface area (TPSA) is 226 Å². The number of ether oxygens (including phenoxy) is 2. The normalized spacial score (nSPS) is 17.2. The summed E-state index contributed by atoms with van der Waals surface area (Å²) in [6, 6.07) is 16.2. The van der Waals surface area contributed by atoms with E-state index in [0.29, 0.717) is 80.4 Å². The molecule has 10 rings (SSSR count). The molecule has 1 aliphatic carbocycles. The molecule has 4 aromatic heterocycles. The first-order chi connectivity index (χ1) is 34.0. The van der Waals surface area contributed by atoms with Crippen LogP contribution in [0, 0.1) is 0 Å². The van der Waals surface area contributed by atoms with Gasteiger partial charge in [0.2, 0.25) is 11.9 Å². The first-order valence-electron chi connectivity index (χ1n) is 22.3. The second-order valence-electron chi connectivity index (χ2n) is 17.7. The number of aromatic amines is 2. The molecule has 1 saturated carbocycles. The number of likely N-dealkylation sites (tertiary alicyclic amines) is 1. The fourth-order valence-electron chi connectivity index (χ4n) is 8.92. The van der Waals surface area contributed by atoms with Gasteiger partial charge in [-0.15, -0.1) is 10.2 Å². The number of hydrogen-bond donors (Lipinski definition) is 7. The number of aromatic nitrogens is 10. The quantitative estimate of drug-likeness (QED) is 0.0428. The van der Waals surface area contributed by atoms with Crippen LogP contribution in [0.4, 0.5) is 36.4 Å². The summed E-state index contributed by atoms with van der Waals surface area (Å²) in [5, 5.41) is 49.1.